The number of benzene rings is 1. The Morgan fingerprint density at radius 1 is 1.23 bits per heavy atom. The van der Waals surface area contributed by atoms with Crippen LogP contribution in [0.15, 0.2) is 18.2 Å². The molecule has 0 radical (unpaired) electrons. The summed E-state index contributed by atoms with van der Waals surface area (Å²) in [6.45, 7) is 5.22. The molecule has 142 valence electrons. The van der Waals surface area contributed by atoms with Crippen molar-refractivity contribution in [3.8, 4) is 5.69 Å². The van der Waals surface area contributed by atoms with Crippen molar-refractivity contribution in [3.63, 3.8) is 0 Å². The van der Waals surface area contributed by atoms with Crippen molar-refractivity contribution in [3.05, 3.63) is 39.9 Å². The van der Waals surface area contributed by atoms with Gasteiger partial charge in [-0.1, -0.05) is 43.1 Å². The Hall–Kier alpha value is -1.34. The zero-order valence-corrected chi connectivity index (χ0v) is 17.0. The normalized spacial score (nSPS) is 15.2. The van der Waals surface area contributed by atoms with Crippen LogP contribution in [0.2, 0.25) is 10.0 Å². The van der Waals surface area contributed by atoms with E-state index < -0.39 is 0 Å². The number of rotatable bonds is 3. The predicted octanol–water partition coefficient (Wildman–Crippen LogP) is 3.68. The molecular formula is C17H22Cl3N5O. The molecule has 9 heteroatoms. The monoisotopic (exact) mass is 417 g/mol. The van der Waals surface area contributed by atoms with Crippen LogP contribution < -0.4 is 5.73 Å². The van der Waals surface area contributed by atoms with Crippen molar-refractivity contribution >= 4 is 41.5 Å². The van der Waals surface area contributed by atoms with Gasteiger partial charge in [0, 0.05) is 25.0 Å². The van der Waals surface area contributed by atoms with Gasteiger partial charge < -0.3 is 10.6 Å². The first-order valence-electron chi connectivity index (χ1n) is 8.34. The Morgan fingerprint density at radius 2 is 1.81 bits per heavy atom. The van der Waals surface area contributed by atoms with E-state index in [1.165, 1.54) is 0 Å². The molecule has 0 saturated carbocycles. The van der Waals surface area contributed by atoms with Gasteiger partial charge in [-0.3, -0.25) is 4.79 Å². The van der Waals surface area contributed by atoms with E-state index in [2.05, 4.69) is 10.1 Å². The smallest absolute Gasteiger partial charge is 0.293 e. The summed E-state index contributed by atoms with van der Waals surface area (Å²) in [5, 5.41) is 5.35. The Morgan fingerprint density at radius 3 is 2.35 bits per heavy atom. The fourth-order valence-electron chi connectivity index (χ4n) is 2.89. The molecule has 0 bridgehead atoms. The number of hydrogen-bond acceptors (Lipinski definition) is 4. The molecule has 2 heterocycles. The second-order valence-corrected chi connectivity index (χ2v) is 7.37. The largest absolute Gasteiger partial charge is 0.336 e. The average molecular weight is 419 g/mol. The number of halogens is 3. The lowest BCUT2D eigenvalue weighted by molar-refractivity contribution is 0.0702. The number of para-hydroxylation sites is 1. The van der Waals surface area contributed by atoms with E-state index in [4.69, 9.17) is 28.9 Å². The summed E-state index contributed by atoms with van der Waals surface area (Å²) in [5.41, 5.74) is 6.45. The summed E-state index contributed by atoms with van der Waals surface area (Å²) < 4.78 is 1.58. The van der Waals surface area contributed by atoms with E-state index in [1.807, 2.05) is 13.8 Å². The van der Waals surface area contributed by atoms with Gasteiger partial charge in [-0.25, -0.2) is 9.67 Å². The van der Waals surface area contributed by atoms with Crippen LogP contribution in [0.5, 0.6) is 0 Å². The van der Waals surface area contributed by atoms with Crippen LogP contribution in [0.3, 0.4) is 0 Å². The van der Waals surface area contributed by atoms with Crippen LogP contribution in [0, 0.1) is 0 Å². The van der Waals surface area contributed by atoms with Crippen LogP contribution in [0.4, 0.5) is 0 Å². The number of nitrogens with two attached hydrogens (primary N) is 1. The van der Waals surface area contributed by atoms with Gasteiger partial charge in [0.2, 0.25) is 5.82 Å². The highest BCUT2D eigenvalue weighted by Gasteiger charge is 2.27. The second kappa shape index (κ2) is 8.57. The first kappa shape index (κ1) is 21.0. The molecule has 0 unspecified atom stereocenters. The third-order valence-electron chi connectivity index (χ3n) is 4.32. The minimum absolute atomic E-state index is 0. The maximum Gasteiger partial charge on any atom is 0.293 e. The average Bonchev–Trinajstić information content (AvgIpc) is 3.00. The number of amides is 1. The summed E-state index contributed by atoms with van der Waals surface area (Å²) in [7, 11) is 0. The predicted molar refractivity (Wildman–Crippen MR) is 106 cm³/mol. The molecule has 1 aliphatic rings. The third kappa shape index (κ3) is 4.14. The molecule has 0 aliphatic carbocycles. The molecule has 3 rings (SSSR count). The molecule has 0 atom stereocenters. The quantitative estimate of drug-likeness (QED) is 0.825. The van der Waals surface area contributed by atoms with Crippen molar-refractivity contribution in [1.82, 2.24) is 19.7 Å². The maximum absolute atomic E-state index is 12.8. The van der Waals surface area contributed by atoms with Crippen molar-refractivity contribution in [2.24, 2.45) is 5.73 Å². The number of aromatic nitrogens is 3. The number of piperidine rings is 1. The lowest BCUT2D eigenvalue weighted by Gasteiger charge is -2.29. The van der Waals surface area contributed by atoms with Gasteiger partial charge in [0.25, 0.3) is 5.91 Å². The molecule has 1 saturated heterocycles. The molecule has 1 amide bonds. The van der Waals surface area contributed by atoms with Gasteiger partial charge in [0.15, 0.2) is 0 Å². The van der Waals surface area contributed by atoms with Crippen molar-refractivity contribution in [2.45, 2.75) is 38.6 Å². The van der Waals surface area contributed by atoms with Gasteiger partial charge in [0.1, 0.15) is 11.5 Å². The number of likely N-dealkylation sites (tertiary alicyclic amines) is 1. The standard InChI is InChI=1S/C17H21Cl2N5O.ClH/c1-10(2)16-21-15(17(25)23-8-6-11(20)7-9-23)22-24(16)14-12(18)4-3-5-13(14)19;/h3-5,10-11H,6-9,20H2,1-2H3;1H. The molecule has 2 N–H and O–H groups in total. The Labute approximate surface area is 169 Å². The van der Waals surface area contributed by atoms with Crippen LogP contribution in [0.1, 0.15) is 49.1 Å². The topological polar surface area (TPSA) is 77.0 Å². The number of carbonyl (C=O) groups is 1. The molecular weight excluding hydrogens is 397 g/mol. The summed E-state index contributed by atoms with van der Waals surface area (Å²) in [5.74, 6) is 0.675. The highest BCUT2D eigenvalue weighted by atomic mass is 35.5. The minimum Gasteiger partial charge on any atom is -0.336 e. The number of hydrogen-bond donors (Lipinski definition) is 1. The summed E-state index contributed by atoms with van der Waals surface area (Å²) in [4.78, 5) is 19.0. The van der Waals surface area contributed by atoms with E-state index in [0.717, 1.165) is 12.8 Å². The van der Waals surface area contributed by atoms with E-state index in [0.29, 0.717) is 34.6 Å². The van der Waals surface area contributed by atoms with Gasteiger partial charge in [-0.15, -0.1) is 17.5 Å². The fraction of sp³-hybridized carbons (Fsp3) is 0.471. The molecule has 1 aromatic heterocycles. The summed E-state index contributed by atoms with van der Waals surface area (Å²) >= 11 is 12.6. The molecule has 2 aromatic rings. The van der Waals surface area contributed by atoms with Crippen molar-refractivity contribution in [2.75, 3.05) is 13.1 Å². The summed E-state index contributed by atoms with van der Waals surface area (Å²) in [6, 6.07) is 5.40. The second-order valence-electron chi connectivity index (χ2n) is 6.56. The van der Waals surface area contributed by atoms with E-state index >= 15 is 0 Å². The van der Waals surface area contributed by atoms with Gasteiger partial charge in [-0.2, -0.15) is 0 Å². The van der Waals surface area contributed by atoms with Crippen LogP contribution in [0.25, 0.3) is 5.69 Å². The lowest BCUT2D eigenvalue weighted by Crippen LogP contribution is -2.43. The van der Waals surface area contributed by atoms with Crippen LogP contribution in [-0.2, 0) is 0 Å². The third-order valence-corrected chi connectivity index (χ3v) is 4.93. The van der Waals surface area contributed by atoms with Crippen LogP contribution >= 0.6 is 35.6 Å². The Balaban J connectivity index is 0.00000243. The highest BCUT2D eigenvalue weighted by Crippen LogP contribution is 2.30. The Kier molecular flexibility index (Phi) is 6.91. The molecule has 1 fully saturated rings. The molecule has 1 aromatic carbocycles. The fourth-order valence-corrected chi connectivity index (χ4v) is 3.45. The van der Waals surface area contributed by atoms with Gasteiger partial charge >= 0.3 is 0 Å². The molecule has 26 heavy (non-hydrogen) atoms. The van der Waals surface area contributed by atoms with E-state index in [1.54, 1.807) is 27.8 Å². The first-order valence-corrected chi connectivity index (χ1v) is 9.10. The minimum atomic E-state index is -0.185. The van der Waals surface area contributed by atoms with Crippen molar-refractivity contribution < 1.29 is 4.79 Å². The maximum atomic E-state index is 12.8. The zero-order valence-electron chi connectivity index (χ0n) is 14.7. The summed E-state index contributed by atoms with van der Waals surface area (Å²) in [6.07, 6.45) is 1.58. The number of nitrogens with zero attached hydrogens (tertiary/aromatic N) is 4. The zero-order chi connectivity index (χ0) is 18.1. The van der Waals surface area contributed by atoms with E-state index in [-0.39, 0.29) is 36.1 Å². The number of carbonyl (C=O) groups excluding carboxylic acids is 1. The SMILES string of the molecule is CC(C)c1nc(C(=O)N2CCC(N)CC2)nn1-c1c(Cl)cccc1Cl.Cl. The van der Waals surface area contributed by atoms with Gasteiger partial charge in [0.05, 0.1) is 10.0 Å². The highest BCUT2D eigenvalue weighted by molar-refractivity contribution is 6.37. The molecule has 6 nitrogen and oxygen atoms in total. The van der Waals surface area contributed by atoms with E-state index in [9.17, 15) is 4.79 Å². The molecule has 1 aliphatic heterocycles. The van der Waals surface area contributed by atoms with Crippen molar-refractivity contribution in [1.29, 1.82) is 0 Å². The van der Waals surface area contributed by atoms with Gasteiger partial charge in [-0.05, 0) is 25.0 Å². The Bertz CT molecular complexity index is 764. The molecule has 0 spiro atoms. The lowest BCUT2D eigenvalue weighted by atomic mass is 10.1. The van der Waals surface area contributed by atoms with Crippen LogP contribution in [-0.4, -0.2) is 44.7 Å². The first-order chi connectivity index (χ1) is 11.9.